The maximum atomic E-state index is 4.44. The summed E-state index contributed by atoms with van der Waals surface area (Å²) in [6.45, 7) is 1.61. The molecule has 1 fully saturated rings. The molecule has 3 heterocycles. The van der Waals surface area contributed by atoms with E-state index in [2.05, 4.69) is 49.2 Å². The van der Waals surface area contributed by atoms with E-state index in [0.717, 1.165) is 23.9 Å². The first-order chi connectivity index (χ1) is 14.3. The lowest BCUT2D eigenvalue weighted by Gasteiger charge is -2.37. The van der Waals surface area contributed by atoms with Gasteiger partial charge in [0.15, 0.2) is 5.96 Å². The molecular formula is C22H28N6S. The van der Waals surface area contributed by atoms with Crippen molar-refractivity contribution in [2.45, 2.75) is 44.1 Å². The van der Waals surface area contributed by atoms with E-state index in [9.17, 15) is 0 Å². The zero-order valence-electron chi connectivity index (χ0n) is 16.8. The monoisotopic (exact) mass is 408 g/mol. The third-order valence-corrected chi connectivity index (χ3v) is 6.83. The number of aromatic nitrogens is 3. The van der Waals surface area contributed by atoms with Crippen LogP contribution in [0, 0.1) is 0 Å². The van der Waals surface area contributed by atoms with E-state index >= 15 is 0 Å². The van der Waals surface area contributed by atoms with Gasteiger partial charge < -0.3 is 10.6 Å². The summed E-state index contributed by atoms with van der Waals surface area (Å²) in [5.74, 6) is 1.70. The Hall–Kier alpha value is -2.67. The van der Waals surface area contributed by atoms with Gasteiger partial charge in [-0.15, -0.1) is 11.3 Å². The highest BCUT2D eigenvalue weighted by Crippen LogP contribution is 2.41. The predicted octanol–water partition coefficient (Wildman–Crippen LogP) is 3.90. The van der Waals surface area contributed by atoms with Gasteiger partial charge in [0.1, 0.15) is 12.1 Å². The maximum Gasteiger partial charge on any atom is 0.191 e. The molecule has 0 bridgehead atoms. The summed E-state index contributed by atoms with van der Waals surface area (Å²) in [4.78, 5) is 14.4. The van der Waals surface area contributed by atoms with Crippen molar-refractivity contribution in [2.75, 3.05) is 13.6 Å². The minimum absolute atomic E-state index is 0.231. The van der Waals surface area contributed by atoms with Crippen molar-refractivity contribution in [1.29, 1.82) is 0 Å². The molecule has 1 saturated carbocycles. The van der Waals surface area contributed by atoms with Crippen molar-refractivity contribution >= 4 is 17.3 Å². The van der Waals surface area contributed by atoms with Crippen LogP contribution in [0.15, 0.2) is 59.6 Å². The van der Waals surface area contributed by atoms with Gasteiger partial charge in [-0.25, -0.2) is 9.97 Å². The summed E-state index contributed by atoms with van der Waals surface area (Å²) < 4.78 is 1.91. The Morgan fingerprint density at radius 3 is 2.83 bits per heavy atom. The predicted molar refractivity (Wildman–Crippen MR) is 119 cm³/mol. The van der Waals surface area contributed by atoms with Gasteiger partial charge in [-0.3, -0.25) is 9.56 Å². The molecule has 0 amide bonds. The van der Waals surface area contributed by atoms with E-state index in [1.165, 1.54) is 37.0 Å². The largest absolute Gasteiger partial charge is 0.355 e. The minimum atomic E-state index is 0.231. The smallest absolute Gasteiger partial charge is 0.191 e. The molecule has 0 aliphatic heterocycles. The van der Waals surface area contributed by atoms with Crippen LogP contribution in [0.3, 0.4) is 0 Å². The molecule has 6 nitrogen and oxygen atoms in total. The molecule has 0 atom stereocenters. The van der Waals surface area contributed by atoms with E-state index in [4.69, 9.17) is 0 Å². The van der Waals surface area contributed by atoms with E-state index in [1.54, 1.807) is 12.5 Å². The number of nitrogens with one attached hydrogen (secondary N) is 2. The highest BCUT2D eigenvalue weighted by atomic mass is 32.1. The Morgan fingerprint density at radius 1 is 1.21 bits per heavy atom. The molecule has 0 unspecified atom stereocenters. The maximum absolute atomic E-state index is 4.44. The topological polar surface area (TPSA) is 67.1 Å². The number of aliphatic imine (C=N–C) groups is 1. The SMILES string of the molecule is CN=C(NCc1ccnc(-n2ccnc2)c1)NCC1(c2cccs2)CCCCC1. The normalized spacial score (nSPS) is 16.5. The van der Waals surface area contributed by atoms with Crippen molar-refractivity contribution in [2.24, 2.45) is 4.99 Å². The first kappa shape index (κ1) is 19.6. The second-order valence-corrected chi connectivity index (χ2v) is 8.54. The summed E-state index contributed by atoms with van der Waals surface area (Å²) in [5, 5.41) is 9.24. The van der Waals surface area contributed by atoms with Gasteiger partial charge >= 0.3 is 0 Å². The molecule has 2 N–H and O–H groups in total. The number of pyridine rings is 1. The molecule has 29 heavy (non-hydrogen) atoms. The third kappa shape index (κ3) is 4.67. The highest BCUT2D eigenvalue weighted by Gasteiger charge is 2.34. The van der Waals surface area contributed by atoms with Crippen molar-refractivity contribution in [3.63, 3.8) is 0 Å². The Morgan fingerprint density at radius 2 is 2.10 bits per heavy atom. The summed E-state index contributed by atoms with van der Waals surface area (Å²) in [5.41, 5.74) is 1.38. The molecule has 1 aliphatic rings. The lowest BCUT2D eigenvalue weighted by Crippen LogP contribution is -2.46. The molecule has 0 spiro atoms. The molecular weight excluding hydrogens is 380 g/mol. The van der Waals surface area contributed by atoms with E-state index < -0.39 is 0 Å². The average Bonchev–Trinajstić information content (AvgIpc) is 3.49. The van der Waals surface area contributed by atoms with Crippen LogP contribution in [0.4, 0.5) is 0 Å². The highest BCUT2D eigenvalue weighted by molar-refractivity contribution is 7.10. The number of hydrogen-bond acceptors (Lipinski definition) is 4. The number of nitrogens with zero attached hydrogens (tertiary/aromatic N) is 4. The number of imidazole rings is 1. The van der Waals surface area contributed by atoms with Crippen LogP contribution in [0.5, 0.6) is 0 Å². The first-order valence-corrected chi connectivity index (χ1v) is 11.1. The molecule has 1 aliphatic carbocycles. The number of rotatable bonds is 6. The van der Waals surface area contributed by atoms with E-state index in [1.807, 2.05) is 41.4 Å². The van der Waals surface area contributed by atoms with E-state index in [0.29, 0.717) is 6.54 Å². The molecule has 4 rings (SSSR count). The second-order valence-electron chi connectivity index (χ2n) is 7.59. The van der Waals surface area contributed by atoms with Gasteiger partial charge in [0.25, 0.3) is 0 Å². The summed E-state index contributed by atoms with van der Waals surface area (Å²) in [6.07, 6.45) is 13.7. The van der Waals surface area contributed by atoms with Crippen LogP contribution in [0.2, 0.25) is 0 Å². The Balaban J connectivity index is 1.38. The van der Waals surface area contributed by atoms with Crippen LogP contribution in [-0.2, 0) is 12.0 Å². The molecule has 0 aromatic carbocycles. The fourth-order valence-electron chi connectivity index (χ4n) is 4.08. The second kappa shape index (κ2) is 9.22. The Kier molecular flexibility index (Phi) is 6.24. The molecule has 152 valence electrons. The molecule has 7 heteroatoms. The minimum Gasteiger partial charge on any atom is -0.355 e. The van der Waals surface area contributed by atoms with Gasteiger partial charge in [-0.05, 0) is 42.0 Å². The van der Waals surface area contributed by atoms with Crippen LogP contribution in [-0.4, -0.2) is 34.1 Å². The fraction of sp³-hybridized carbons (Fsp3) is 0.409. The summed E-state index contributed by atoms with van der Waals surface area (Å²) in [6, 6.07) is 8.55. The van der Waals surface area contributed by atoms with Crippen molar-refractivity contribution in [3.05, 3.63) is 65.0 Å². The number of hydrogen-bond donors (Lipinski definition) is 2. The third-order valence-electron chi connectivity index (χ3n) is 5.71. The van der Waals surface area contributed by atoms with E-state index in [-0.39, 0.29) is 5.41 Å². The van der Waals surface area contributed by atoms with Gasteiger partial charge in [-0.1, -0.05) is 25.3 Å². The lowest BCUT2D eigenvalue weighted by molar-refractivity contribution is 0.296. The van der Waals surface area contributed by atoms with Gasteiger partial charge in [0, 0.05) is 49.0 Å². The van der Waals surface area contributed by atoms with Crippen LogP contribution >= 0.6 is 11.3 Å². The van der Waals surface area contributed by atoms with Crippen LogP contribution in [0.1, 0.15) is 42.5 Å². The molecule has 3 aromatic rings. The van der Waals surface area contributed by atoms with Gasteiger partial charge in [0.05, 0.1) is 0 Å². The molecule has 0 radical (unpaired) electrons. The molecule has 3 aromatic heterocycles. The summed E-state index contributed by atoms with van der Waals surface area (Å²) in [7, 11) is 1.83. The Bertz CT molecular complexity index is 911. The number of guanidine groups is 1. The lowest BCUT2D eigenvalue weighted by atomic mass is 9.73. The quantitative estimate of drug-likeness (QED) is 0.480. The standard InChI is InChI=1S/C22H28N6S/c1-23-21(26-15-18-7-10-25-20(14-18)28-12-11-24-17-28)27-16-22(8-3-2-4-9-22)19-6-5-13-29-19/h5-7,10-14,17H,2-4,8-9,15-16H2,1H3,(H2,23,26,27). The summed E-state index contributed by atoms with van der Waals surface area (Å²) >= 11 is 1.88. The fourth-order valence-corrected chi connectivity index (χ4v) is 5.07. The zero-order chi connectivity index (χ0) is 19.9. The average molecular weight is 409 g/mol. The first-order valence-electron chi connectivity index (χ1n) is 10.2. The van der Waals surface area contributed by atoms with Crippen LogP contribution in [0.25, 0.3) is 5.82 Å². The van der Waals surface area contributed by atoms with Gasteiger partial charge in [0.2, 0.25) is 0 Å². The van der Waals surface area contributed by atoms with Crippen LogP contribution < -0.4 is 10.6 Å². The van der Waals surface area contributed by atoms with Crippen molar-refractivity contribution < 1.29 is 0 Å². The van der Waals surface area contributed by atoms with Crippen molar-refractivity contribution in [3.8, 4) is 5.82 Å². The number of thiophene rings is 1. The van der Waals surface area contributed by atoms with Crippen molar-refractivity contribution in [1.82, 2.24) is 25.2 Å². The van der Waals surface area contributed by atoms with Gasteiger partial charge in [-0.2, -0.15) is 0 Å². The Labute approximate surface area is 176 Å². The zero-order valence-corrected chi connectivity index (χ0v) is 17.7. The molecule has 0 saturated heterocycles.